The highest BCUT2D eigenvalue weighted by molar-refractivity contribution is 5.04. The molecule has 1 N–H and O–H groups in total. The Morgan fingerprint density at radius 2 is 2.25 bits per heavy atom. The molecule has 16 heavy (non-hydrogen) atoms. The highest BCUT2D eigenvalue weighted by Crippen LogP contribution is 2.36. The molecule has 0 amide bonds. The van der Waals surface area contributed by atoms with E-state index in [-0.39, 0.29) is 6.61 Å². The van der Waals surface area contributed by atoms with Crippen molar-refractivity contribution in [1.82, 2.24) is 14.5 Å². The van der Waals surface area contributed by atoms with Crippen LogP contribution in [0.4, 0.5) is 0 Å². The SMILES string of the molecule is OCC1CCCN1Cc1cncn1C1CC1. The Hall–Kier alpha value is -0.870. The van der Waals surface area contributed by atoms with E-state index in [2.05, 4.69) is 14.5 Å². The zero-order valence-electron chi connectivity index (χ0n) is 9.55. The molecule has 1 aromatic heterocycles. The summed E-state index contributed by atoms with van der Waals surface area (Å²) < 4.78 is 2.31. The number of aliphatic hydroxyl groups excluding tert-OH is 1. The minimum Gasteiger partial charge on any atom is -0.395 e. The first-order valence-corrected chi connectivity index (χ1v) is 6.24. The van der Waals surface area contributed by atoms with Crippen LogP contribution in [0.15, 0.2) is 12.5 Å². The largest absolute Gasteiger partial charge is 0.395 e. The van der Waals surface area contributed by atoms with Crippen LogP contribution in [-0.2, 0) is 6.54 Å². The predicted octanol–water partition coefficient (Wildman–Crippen LogP) is 1.17. The number of nitrogens with zero attached hydrogens (tertiary/aromatic N) is 3. The topological polar surface area (TPSA) is 41.3 Å². The van der Waals surface area contributed by atoms with Crippen molar-refractivity contribution in [2.24, 2.45) is 0 Å². The van der Waals surface area contributed by atoms with Gasteiger partial charge in [-0.25, -0.2) is 4.98 Å². The van der Waals surface area contributed by atoms with Gasteiger partial charge in [-0.3, -0.25) is 4.90 Å². The van der Waals surface area contributed by atoms with Crippen molar-refractivity contribution >= 4 is 0 Å². The van der Waals surface area contributed by atoms with Gasteiger partial charge < -0.3 is 9.67 Å². The second-order valence-corrected chi connectivity index (χ2v) is 4.97. The lowest BCUT2D eigenvalue weighted by Gasteiger charge is -2.22. The zero-order chi connectivity index (χ0) is 11.0. The number of imidazole rings is 1. The molecule has 4 nitrogen and oxygen atoms in total. The van der Waals surface area contributed by atoms with Gasteiger partial charge in [-0.15, -0.1) is 0 Å². The van der Waals surface area contributed by atoms with Gasteiger partial charge in [0.2, 0.25) is 0 Å². The van der Waals surface area contributed by atoms with Gasteiger partial charge in [0.05, 0.1) is 18.6 Å². The van der Waals surface area contributed by atoms with E-state index in [1.165, 1.54) is 25.0 Å². The molecule has 0 aromatic carbocycles. The molecule has 2 fully saturated rings. The predicted molar refractivity (Wildman–Crippen MR) is 61.0 cm³/mol. The van der Waals surface area contributed by atoms with Crippen molar-refractivity contribution in [2.75, 3.05) is 13.2 Å². The Morgan fingerprint density at radius 1 is 1.38 bits per heavy atom. The fraction of sp³-hybridized carbons (Fsp3) is 0.750. The molecule has 1 aliphatic heterocycles. The summed E-state index contributed by atoms with van der Waals surface area (Å²) in [4.78, 5) is 6.63. The van der Waals surface area contributed by atoms with Crippen LogP contribution < -0.4 is 0 Å². The van der Waals surface area contributed by atoms with Crippen molar-refractivity contribution in [3.8, 4) is 0 Å². The lowest BCUT2D eigenvalue weighted by atomic mass is 10.2. The molecule has 2 aliphatic rings. The highest BCUT2D eigenvalue weighted by Gasteiger charge is 2.28. The molecule has 0 radical (unpaired) electrons. The van der Waals surface area contributed by atoms with E-state index in [1.54, 1.807) is 0 Å². The van der Waals surface area contributed by atoms with Gasteiger partial charge >= 0.3 is 0 Å². The summed E-state index contributed by atoms with van der Waals surface area (Å²) in [5.41, 5.74) is 1.31. The highest BCUT2D eigenvalue weighted by atomic mass is 16.3. The van der Waals surface area contributed by atoms with E-state index in [4.69, 9.17) is 0 Å². The molecule has 1 aliphatic carbocycles. The molecule has 1 saturated carbocycles. The number of hydrogen-bond acceptors (Lipinski definition) is 3. The van der Waals surface area contributed by atoms with Gasteiger partial charge in [0.1, 0.15) is 0 Å². The Morgan fingerprint density at radius 3 is 3.00 bits per heavy atom. The standard InChI is InChI=1S/C12H19N3O/c16-8-11-2-1-5-14(11)7-12-6-13-9-15(12)10-3-4-10/h6,9-11,16H,1-5,7-8H2. The third-order valence-corrected chi connectivity index (χ3v) is 3.76. The maximum atomic E-state index is 9.29. The summed E-state index contributed by atoms with van der Waals surface area (Å²) in [6.07, 6.45) is 8.87. The first kappa shape index (κ1) is 10.3. The Labute approximate surface area is 95.9 Å². The Bertz CT molecular complexity index is 359. The smallest absolute Gasteiger partial charge is 0.0951 e. The van der Waals surface area contributed by atoms with Crippen LogP contribution in [0.2, 0.25) is 0 Å². The van der Waals surface area contributed by atoms with Gasteiger partial charge in [0.25, 0.3) is 0 Å². The van der Waals surface area contributed by atoms with Crippen molar-refractivity contribution in [2.45, 2.75) is 44.3 Å². The molecule has 2 heterocycles. The summed E-state index contributed by atoms with van der Waals surface area (Å²) in [5.74, 6) is 0. The molecule has 0 bridgehead atoms. The summed E-state index contributed by atoms with van der Waals surface area (Å²) in [6, 6.07) is 1.07. The van der Waals surface area contributed by atoms with Crippen LogP contribution in [0.3, 0.4) is 0 Å². The van der Waals surface area contributed by atoms with Gasteiger partial charge in [0, 0.05) is 24.8 Å². The van der Waals surface area contributed by atoms with Gasteiger partial charge in [-0.2, -0.15) is 0 Å². The second kappa shape index (κ2) is 4.18. The number of hydrogen-bond donors (Lipinski definition) is 1. The second-order valence-electron chi connectivity index (χ2n) is 4.97. The summed E-state index contributed by atoms with van der Waals surface area (Å²) in [6.45, 7) is 2.35. The molecule has 88 valence electrons. The van der Waals surface area contributed by atoms with Gasteiger partial charge in [-0.1, -0.05) is 0 Å². The number of aromatic nitrogens is 2. The number of likely N-dealkylation sites (tertiary alicyclic amines) is 1. The molecule has 0 spiro atoms. The molecule has 1 aromatic rings. The van der Waals surface area contributed by atoms with Crippen LogP contribution in [0, 0.1) is 0 Å². The maximum absolute atomic E-state index is 9.29. The Balaban J connectivity index is 1.70. The van der Waals surface area contributed by atoms with Crippen LogP contribution in [0.5, 0.6) is 0 Å². The molecule has 4 heteroatoms. The maximum Gasteiger partial charge on any atom is 0.0951 e. The van der Waals surface area contributed by atoms with E-state index >= 15 is 0 Å². The van der Waals surface area contributed by atoms with Gasteiger partial charge in [-0.05, 0) is 32.2 Å². The normalized spacial score (nSPS) is 26.4. The Kier molecular flexibility index (Phi) is 2.69. The van der Waals surface area contributed by atoms with E-state index < -0.39 is 0 Å². The molecule has 3 rings (SSSR count). The first-order chi connectivity index (χ1) is 7.88. The fourth-order valence-corrected chi connectivity index (χ4v) is 2.65. The quantitative estimate of drug-likeness (QED) is 0.830. The molecule has 1 unspecified atom stereocenters. The van der Waals surface area contributed by atoms with E-state index in [1.807, 2.05) is 12.5 Å². The summed E-state index contributed by atoms with van der Waals surface area (Å²) in [7, 11) is 0. The minimum atomic E-state index is 0.289. The third kappa shape index (κ3) is 1.87. The molecule has 1 atom stereocenters. The lowest BCUT2D eigenvalue weighted by molar-refractivity contribution is 0.151. The minimum absolute atomic E-state index is 0.289. The molecule has 1 saturated heterocycles. The van der Waals surface area contributed by atoms with Crippen LogP contribution in [-0.4, -0.2) is 38.8 Å². The van der Waals surface area contributed by atoms with Crippen molar-refractivity contribution in [1.29, 1.82) is 0 Å². The van der Waals surface area contributed by atoms with Crippen molar-refractivity contribution < 1.29 is 5.11 Å². The molecular weight excluding hydrogens is 202 g/mol. The van der Waals surface area contributed by atoms with Crippen molar-refractivity contribution in [3.05, 3.63) is 18.2 Å². The van der Waals surface area contributed by atoms with E-state index in [0.29, 0.717) is 12.1 Å². The van der Waals surface area contributed by atoms with Crippen LogP contribution >= 0.6 is 0 Å². The summed E-state index contributed by atoms with van der Waals surface area (Å²) in [5, 5.41) is 9.29. The lowest BCUT2D eigenvalue weighted by Crippen LogP contribution is -2.32. The first-order valence-electron chi connectivity index (χ1n) is 6.24. The summed E-state index contributed by atoms with van der Waals surface area (Å²) >= 11 is 0. The number of rotatable bonds is 4. The van der Waals surface area contributed by atoms with Crippen LogP contribution in [0.25, 0.3) is 0 Å². The van der Waals surface area contributed by atoms with E-state index in [9.17, 15) is 5.11 Å². The van der Waals surface area contributed by atoms with Crippen molar-refractivity contribution in [3.63, 3.8) is 0 Å². The average Bonchev–Trinajstić information content (AvgIpc) is 2.88. The average molecular weight is 221 g/mol. The van der Waals surface area contributed by atoms with Crippen LogP contribution in [0.1, 0.15) is 37.4 Å². The molecular formula is C12H19N3O. The van der Waals surface area contributed by atoms with Gasteiger partial charge in [0.15, 0.2) is 0 Å². The van der Waals surface area contributed by atoms with E-state index in [0.717, 1.165) is 19.5 Å². The third-order valence-electron chi connectivity index (χ3n) is 3.76. The fourth-order valence-electron chi connectivity index (χ4n) is 2.65. The monoisotopic (exact) mass is 221 g/mol. The zero-order valence-corrected chi connectivity index (χ0v) is 9.55. The number of aliphatic hydroxyl groups is 1.